The number of hydrazine groups is 1. The zero-order valence-electron chi connectivity index (χ0n) is 19.2. The quantitative estimate of drug-likeness (QED) is 0.337. The number of aryl methyl sites for hydroxylation is 2. The Morgan fingerprint density at radius 2 is 1.94 bits per heavy atom. The third-order valence-electron chi connectivity index (χ3n) is 5.79. The largest absolute Gasteiger partial charge is 0.507 e. The number of β-amino-alcohol motifs (C(OH)–C–C–N with tert-alkyl or cyclic N) is 1. The first kappa shape index (κ1) is 24.3. The summed E-state index contributed by atoms with van der Waals surface area (Å²) in [5.41, 5.74) is 0.525. The number of H-pyrrole nitrogens is 1. The van der Waals surface area contributed by atoms with Crippen molar-refractivity contribution in [1.29, 1.82) is 0 Å². The molecule has 2 aromatic heterocycles. The summed E-state index contributed by atoms with van der Waals surface area (Å²) < 4.78 is 27.5. The first-order valence-electron chi connectivity index (χ1n) is 11.2. The molecule has 0 saturated carbocycles. The molecule has 34 heavy (non-hydrogen) atoms. The van der Waals surface area contributed by atoms with Crippen molar-refractivity contribution < 1.29 is 18.6 Å². The van der Waals surface area contributed by atoms with Crippen molar-refractivity contribution in [3.8, 4) is 17.1 Å². The van der Waals surface area contributed by atoms with E-state index in [1.165, 1.54) is 22.7 Å². The standard InChI is InChI=1S/C21H29N7O5S/c1-3-4-18-22-14(2)19-21(31)23-20(24-28(18)19)16-13-15(5-6-17(16)30)34(32,33)25-27-9-7-26(8-10-27)11-12-29/h5-6,13,25,29-30H,3-4,7-12H2,1-2H3,(H,23,24,31). The van der Waals surface area contributed by atoms with E-state index in [1.807, 2.05) is 11.8 Å². The number of aromatic hydroxyl groups is 1. The predicted octanol–water partition coefficient (Wildman–Crippen LogP) is -0.146. The number of benzene rings is 1. The number of rotatable bonds is 8. The molecule has 4 N–H and O–H groups in total. The molecule has 4 rings (SSSR count). The molecule has 0 spiro atoms. The minimum absolute atomic E-state index is 0.0411. The summed E-state index contributed by atoms with van der Waals surface area (Å²) in [6.45, 7) is 6.51. The number of hydrogen-bond acceptors (Lipinski definition) is 9. The molecule has 0 atom stereocenters. The van der Waals surface area contributed by atoms with Crippen molar-refractivity contribution in [2.75, 3.05) is 39.3 Å². The van der Waals surface area contributed by atoms with Crippen LogP contribution in [0.5, 0.6) is 5.75 Å². The Bertz CT molecular complexity index is 1340. The lowest BCUT2D eigenvalue weighted by Crippen LogP contribution is -2.53. The summed E-state index contributed by atoms with van der Waals surface area (Å²) >= 11 is 0. The van der Waals surface area contributed by atoms with E-state index in [1.54, 1.807) is 11.9 Å². The average Bonchev–Trinajstić information content (AvgIpc) is 3.11. The first-order chi connectivity index (χ1) is 16.2. The van der Waals surface area contributed by atoms with Crippen molar-refractivity contribution in [3.63, 3.8) is 0 Å². The van der Waals surface area contributed by atoms with Crippen molar-refractivity contribution >= 4 is 15.5 Å². The third-order valence-corrected chi connectivity index (χ3v) is 7.16. The molecule has 12 nitrogen and oxygen atoms in total. The lowest BCUT2D eigenvalue weighted by Gasteiger charge is -2.34. The molecule has 3 aromatic rings. The van der Waals surface area contributed by atoms with Gasteiger partial charge in [-0.2, -0.15) is 0 Å². The fraction of sp³-hybridized carbons (Fsp3) is 0.476. The molecule has 0 radical (unpaired) electrons. The Morgan fingerprint density at radius 1 is 1.21 bits per heavy atom. The molecule has 1 aliphatic heterocycles. The summed E-state index contributed by atoms with van der Waals surface area (Å²) in [5, 5.41) is 25.6. The fourth-order valence-electron chi connectivity index (χ4n) is 4.04. The Kier molecular flexibility index (Phi) is 7.00. The molecule has 3 heterocycles. The van der Waals surface area contributed by atoms with Crippen LogP contribution in [0.4, 0.5) is 0 Å². The van der Waals surface area contributed by atoms with Crippen molar-refractivity contribution in [1.82, 2.24) is 34.3 Å². The molecule has 0 unspecified atom stereocenters. The van der Waals surface area contributed by atoms with Gasteiger partial charge in [-0.1, -0.05) is 6.92 Å². The SMILES string of the molecule is CCCc1nc(C)c2c(=O)[nH]c(-c3cc(S(=O)(=O)NN4CCN(CCO)CC4)ccc3O)nn12. The maximum atomic E-state index is 13.0. The third kappa shape index (κ3) is 4.83. The number of aromatic nitrogens is 4. The normalized spacial score (nSPS) is 15.9. The number of aliphatic hydroxyl groups is 1. The lowest BCUT2D eigenvalue weighted by molar-refractivity contribution is 0.0993. The van der Waals surface area contributed by atoms with Gasteiger partial charge in [-0.3, -0.25) is 9.69 Å². The van der Waals surface area contributed by atoms with Crippen LogP contribution in [-0.2, 0) is 16.4 Å². The summed E-state index contributed by atoms with van der Waals surface area (Å²) in [4.78, 5) is 24.4. The number of imidazole rings is 1. The molecular weight excluding hydrogens is 462 g/mol. The molecule has 13 heteroatoms. The zero-order chi connectivity index (χ0) is 24.5. The molecule has 0 aliphatic carbocycles. The topological polar surface area (TPSA) is 156 Å². The minimum Gasteiger partial charge on any atom is -0.507 e. The highest BCUT2D eigenvalue weighted by atomic mass is 32.2. The number of hydrogen-bond donors (Lipinski definition) is 4. The Hall–Kier alpha value is -2.84. The smallest absolute Gasteiger partial charge is 0.277 e. The molecule has 0 amide bonds. The average molecular weight is 492 g/mol. The van der Waals surface area contributed by atoms with E-state index >= 15 is 0 Å². The maximum absolute atomic E-state index is 13.0. The number of nitrogens with zero attached hydrogens (tertiary/aromatic N) is 5. The van der Waals surface area contributed by atoms with E-state index in [0.29, 0.717) is 56.2 Å². The van der Waals surface area contributed by atoms with Crippen LogP contribution in [0.25, 0.3) is 16.9 Å². The summed E-state index contributed by atoms with van der Waals surface area (Å²) in [7, 11) is -3.94. The lowest BCUT2D eigenvalue weighted by atomic mass is 10.2. The van der Waals surface area contributed by atoms with Gasteiger partial charge in [0.2, 0.25) is 0 Å². The van der Waals surface area contributed by atoms with Gasteiger partial charge in [0.15, 0.2) is 11.3 Å². The number of nitrogens with one attached hydrogen (secondary N) is 2. The number of aromatic amines is 1. The van der Waals surface area contributed by atoms with Gasteiger partial charge < -0.3 is 15.2 Å². The van der Waals surface area contributed by atoms with Crippen LogP contribution in [0.1, 0.15) is 24.9 Å². The van der Waals surface area contributed by atoms with Crippen molar-refractivity contribution in [2.45, 2.75) is 31.6 Å². The second-order valence-corrected chi connectivity index (χ2v) is 9.91. The van der Waals surface area contributed by atoms with Gasteiger partial charge in [-0.25, -0.2) is 22.9 Å². The van der Waals surface area contributed by atoms with Crippen LogP contribution < -0.4 is 10.4 Å². The number of piperazine rings is 1. The van der Waals surface area contributed by atoms with Gasteiger partial charge in [0, 0.05) is 39.1 Å². The monoisotopic (exact) mass is 491 g/mol. The Balaban J connectivity index is 1.65. The van der Waals surface area contributed by atoms with Gasteiger partial charge >= 0.3 is 0 Å². The van der Waals surface area contributed by atoms with E-state index in [0.717, 1.165) is 6.42 Å². The van der Waals surface area contributed by atoms with Gasteiger partial charge in [0.25, 0.3) is 15.6 Å². The highest BCUT2D eigenvalue weighted by molar-refractivity contribution is 7.89. The molecule has 1 fully saturated rings. The summed E-state index contributed by atoms with van der Waals surface area (Å²) in [6.07, 6.45) is 1.42. The Labute approximate surface area is 196 Å². The van der Waals surface area contributed by atoms with E-state index in [9.17, 15) is 18.3 Å². The van der Waals surface area contributed by atoms with Crippen LogP contribution in [-0.4, -0.2) is 87.5 Å². The van der Waals surface area contributed by atoms with Crippen LogP contribution in [0, 0.1) is 6.92 Å². The van der Waals surface area contributed by atoms with E-state index in [4.69, 9.17) is 5.11 Å². The van der Waals surface area contributed by atoms with Gasteiger partial charge in [-0.05, 0) is 31.5 Å². The highest BCUT2D eigenvalue weighted by Gasteiger charge is 2.24. The Morgan fingerprint density at radius 3 is 2.62 bits per heavy atom. The van der Waals surface area contributed by atoms with E-state index in [-0.39, 0.29) is 28.6 Å². The van der Waals surface area contributed by atoms with Gasteiger partial charge in [0.05, 0.1) is 22.8 Å². The molecule has 1 saturated heterocycles. The van der Waals surface area contributed by atoms with Crippen LogP contribution in [0.3, 0.4) is 0 Å². The molecule has 1 aromatic carbocycles. The van der Waals surface area contributed by atoms with Gasteiger partial charge in [-0.15, -0.1) is 9.93 Å². The number of phenolic OH excluding ortho intramolecular Hbond substituents is 1. The van der Waals surface area contributed by atoms with Crippen molar-refractivity contribution in [2.24, 2.45) is 0 Å². The molecule has 184 valence electrons. The zero-order valence-corrected chi connectivity index (χ0v) is 20.0. The van der Waals surface area contributed by atoms with E-state index < -0.39 is 15.6 Å². The van der Waals surface area contributed by atoms with Crippen LogP contribution >= 0.6 is 0 Å². The number of sulfonamides is 1. The predicted molar refractivity (Wildman–Crippen MR) is 125 cm³/mol. The number of phenols is 1. The molecular formula is C21H29N7O5S. The van der Waals surface area contributed by atoms with E-state index in [2.05, 4.69) is 19.9 Å². The highest BCUT2D eigenvalue weighted by Crippen LogP contribution is 2.29. The maximum Gasteiger partial charge on any atom is 0.277 e. The molecule has 0 bridgehead atoms. The second-order valence-electron chi connectivity index (χ2n) is 8.25. The van der Waals surface area contributed by atoms with Gasteiger partial charge in [0.1, 0.15) is 11.6 Å². The number of fused-ring (bicyclic) bond motifs is 1. The van der Waals surface area contributed by atoms with Crippen LogP contribution in [0.15, 0.2) is 27.9 Å². The van der Waals surface area contributed by atoms with Crippen LogP contribution in [0.2, 0.25) is 0 Å². The second kappa shape index (κ2) is 9.80. The summed E-state index contributed by atoms with van der Waals surface area (Å²) in [6, 6.07) is 3.84. The first-order valence-corrected chi connectivity index (χ1v) is 12.6. The number of aliphatic hydroxyl groups excluding tert-OH is 1. The molecule has 1 aliphatic rings. The minimum atomic E-state index is -3.94. The van der Waals surface area contributed by atoms with Crippen molar-refractivity contribution in [3.05, 3.63) is 40.1 Å². The summed E-state index contributed by atoms with van der Waals surface area (Å²) in [5.74, 6) is 0.444. The fourth-order valence-corrected chi connectivity index (χ4v) is 5.19.